The molecule has 0 bridgehead atoms. The zero-order chi connectivity index (χ0) is 18.3. The van der Waals surface area contributed by atoms with Gasteiger partial charge in [0.1, 0.15) is 5.82 Å². The summed E-state index contributed by atoms with van der Waals surface area (Å²) in [7, 11) is 0. The number of carbonyl (C=O) groups excluding carboxylic acids is 1. The number of aromatic nitrogens is 2. The van der Waals surface area contributed by atoms with Gasteiger partial charge in [0.25, 0.3) is 0 Å². The third-order valence-corrected chi connectivity index (χ3v) is 5.24. The minimum Gasteiger partial charge on any atom is -0.371 e. The third-order valence-electron chi connectivity index (χ3n) is 5.02. The molecule has 0 N–H and O–H groups in total. The van der Waals surface area contributed by atoms with Gasteiger partial charge in [-0.2, -0.15) is 0 Å². The number of halogens is 1. The highest BCUT2D eigenvalue weighted by Crippen LogP contribution is 2.46. The van der Waals surface area contributed by atoms with E-state index in [0.29, 0.717) is 24.0 Å². The van der Waals surface area contributed by atoms with Crippen LogP contribution in [0.25, 0.3) is 11.3 Å². The molecule has 2 aromatic rings. The van der Waals surface area contributed by atoms with Gasteiger partial charge in [-0.25, -0.2) is 9.97 Å². The van der Waals surface area contributed by atoms with Crippen LogP contribution in [-0.4, -0.2) is 39.5 Å². The Bertz CT molecular complexity index is 879. The Hall–Kier alpha value is -2.24. The van der Waals surface area contributed by atoms with Crippen molar-refractivity contribution in [3.05, 3.63) is 59.5 Å². The summed E-state index contributed by atoms with van der Waals surface area (Å²) in [6, 6.07) is 7.45. The molecule has 1 atom stereocenters. The quantitative estimate of drug-likeness (QED) is 0.774. The van der Waals surface area contributed by atoms with Crippen molar-refractivity contribution in [3.63, 3.8) is 0 Å². The van der Waals surface area contributed by atoms with E-state index in [4.69, 9.17) is 16.3 Å². The van der Waals surface area contributed by atoms with Crippen LogP contribution in [0, 0.1) is 6.92 Å². The molecule has 2 heterocycles. The highest BCUT2D eigenvalue weighted by atomic mass is 35.5. The van der Waals surface area contributed by atoms with Crippen molar-refractivity contribution in [2.75, 3.05) is 13.2 Å². The maximum absolute atomic E-state index is 12.4. The predicted octanol–water partition coefficient (Wildman–Crippen LogP) is 3.72. The Kier molecular flexibility index (Phi) is 4.29. The lowest BCUT2D eigenvalue weighted by atomic mass is 9.99. The standard InChI is InChI=1S/C20H20ClN3O2/c1-3-19(25)24-12-20(5-6-20)26-11-18(24)15-8-14(9-16(21)10-15)17-4-7-22-13(2)23-17/h3-4,7-10,18H,1,5-6,11-12H2,2H3. The first kappa shape index (κ1) is 17.2. The highest BCUT2D eigenvalue weighted by Gasteiger charge is 2.50. The molecule has 2 fully saturated rings. The maximum atomic E-state index is 12.4. The topological polar surface area (TPSA) is 55.3 Å². The lowest BCUT2D eigenvalue weighted by molar-refractivity contribution is -0.143. The molecule has 1 aromatic carbocycles. The molecule has 0 radical (unpaired) electrons. The number of nitrogens with zero attached hydrogens (tertiary/aromatic N) is 3. The Morgan fingerprint density at radius 2 is 2.23 bits per heavy atom. The number of aryl methyl sites for hydroxylation is 1. The summed E-state index contributed by atoms with van der Waals surface area (Å²) in [5.41, 5.74) is 2.49. The summed E-state index contributed by atoms with van der Waals surface area (Å²) >= 11 is 6.38. The van der Waals surface area contributed by atoms with Gasteiger partial charge >= 0.3 is 0 Å². The van der Waals surface area contributed by atoms with Crippen molar-refractivity contribution in [3.8, 4) is 11.3 Å². The zero-order valence-corrected chi connectivity index (χ0v) is 15.4. The Morgan fingerprint density at radius 1 is 1.42 bits per heavy atom. The molecule has 1 unspecified atom stereocenters. The van der Waals surface area contributed by atoms with Crippen LogP contribution in [-0.2, 0) is 9.53 Å². The predicted molar refractivity (Wildman–Crippen MR) is 99.8 cm³/mol. The highest BCUT2D eigenvalue weighted by molar-refractivity contribution is 6.31. The molecule has 1 aliphatic heterocycles. The van der Waals surface area contributed by atoms with Crippen LogP contribution >= 0.6 is 11.6 Å². The summed E-state index contributed by atoms with van der Waals surface area (Å²) in [6.45, 7) is 6.55. The molecule has 26 heavy (non-hydrogen) atoms. The number of rotatable bonds is 3. The molecule has 1 spiro atoms. The van der Waals surface area contributed by atoms with Crippen LogP contribution in [0.2, 0.25) is 5.02 Å². The van der Waals surface area contributed by atoms with E-state index < -0.39 is 0 Å². The summed E-state index contributed by atoms with van der Waals surface area (Å²) in [5.74, 6) is 0.619. The average Bonchev–Trinajstić information content (AvgIpc) is 3.39. The van der Waals surface area contributed by atoms with Crippen molar-refractivity contribution < 1.29 is 9.53 Å². The monoisotopic (exact) mass is 369 g/mol. The average molecular weight is 370 g/mol. The molecule has 134 valence electrons. The third kappa shape index (κ3) is 3.24. The second kappa shape index (κ2) is 6.49. The fourth-order valence-electron chi connectivity index (χ4n) is 3.45. The number of ether oxygens (including phenoxy) is 1. The van der Waals surface area contributed by atoms with Crippen LogP contribution in [0.4, 0.5) is 0 Å². The van der Waals surface area contributed by atoms with Crippen molar-refractivity contribution >= 4 is 17.5 Å². The number of hydrogen-bond acceptors (Lipinski definition) is 4. The van der Waals surface area contributed by atoms with Crippen LogP contribution in [0.15, 0.2) is 43.1 Å². The lowest BCUT2D eigenvalue weighted by Gasteiger charge is -2.40. The molecule has 1 aliphatic carbocycles. The van der Waals surface area contributed by atoms with Crippen LogP contribution in [0.1, 0.15) is 30.3 Å². The second-order valence-electron chi connectivity index (χ2n) is 6.94. The van der Waals surface area contributed by atoms with Crippen molar-refractivity contribution in [2.45, 2.75) is 31.4 Å². The fourth-order valence-corrected chi connectivity index (χ4v) is 3.69. The van der Waals surface area contributed by atoms with E-state index >= 15 is 0 Å². The molecule has 6 heteroatoms. The van der Waals surface area contributed by atoms with E-state index in [1.165, 1.54) is 6.08 Å². The molecular formula is C20H20ClN3O2. The molecule has 1 amide bonds. The maximum Gasteiger partial charge on any atom is 0.246 e. The van der Waals surface area contributed by atoms with E-state index in [1.807, 2.05) is 36.1 Å². The first-order valence-corrected chi connectivity index (χ1v) is 9.05. The Balaban J connectivity index is 1.72. The Labute approximate surface area is 157 Å². The normalized spacial score (nSPS) is 20.8. The smallest absolute Gasteiger partial charge is 0.246 e. The molecule has 1 saturated heterocycles. The van der Waals surface area contributed by atoms with Gasteiger partial charge < -0.3 is 9.64 Å². The fraction of sp³-hybridized carbons (Fsp3) is 0.350. The molecular weight excluding hydrogens is 350 g/mol. The number of morpholine rings is 1. The number of amides is 1. The van der Waals surface area contributed by atoms with Crippen molar-refractivity contribution in [1.29, 1.82) is 0 Å². The molecule has 1 saturated carbocycles. The van der Waals surface area contributed by atoms with Crippen LogP contribution in [0.5, 0.6) is 0 Å². The van der Waals surface area contributed by atoms with Gasteiger partial charge in [-0.05, 0) is 55.7 Å². The van der Waals surface area contributed by atoms with Crippen LogP contribution in [0.3, 0.4) is 0 Å². The molecule has 2 aliphatic rings. The summed E-state index contributed by atoms with van der Waals surface area (Å²) in [4.78, 5) is 22.9. The summed E-state index contributed by atoms with van der Waals surface area (Å²) in [6.07, 6.45) is 5.10. The molecule has 1 aromatic heterocycles. The van der Waals surface area contributed by atoms with E-state index in [1.54, 1.807) is 6.20 Å². The number of benzene rings is 1. The largest absolute Gasteiger partial charge is 0.371 e. The van der Waals surface area contributed by atoms with Gasteiger partial charge in [-0.1, -0.05) is 18.2 Å². The minimum atomic E-state index is -0.188. The first-order chi connectivity index (χ1) is 12.5. The Morgan fingerprint density at radius 3 is 2.92 bits per heavy atom. The van der Waals surface area contributed by atoms with E-state index in [9.17, 15) is 4.79 Å². The number of hydrogen-bond donors (Lipinski definition) is 0. The summed E-state index contributed by atoms with van der Waals surface area (Å²) < 4.78 is 6.08. The van der Waals surface area contributed by atoms with Crippen molar-refractivity contribution in [2.24, 2.45) is 0 Å². The van der Waals surface area contributed by atoms with E-state index in [2.05, 4.69) is 16.5 Å². The lowest BCUT2D eigenvalue weighted by Crippen LogP contribution is -2.48. The second-order valence-corrected chi connectivity index (χ2v) is 7.38. The van der Waals surface area contributed by atoms with Gasteiger partial charge in [0.05, 0.1) is 30.5 Å². The first-order valence-electron chi connectivity index (χ1n) is 8.67. The van der Waals surface area contributed by atoms with Gasteiger partial charge in [-0.3, -0.25) is 4.79 Å². The van der Waals surface area contributed by atoms with Gasteiger partial charge in [0.2, 0.25) is 5.91 Å². The summed E-state index contributed by atoms with van der Waals surface area (Å²) in [5, 5.41) is 0.603. The molecule has 4 rings (SSSR count). The minimum absolute atomic E-state index is 0.0796. The van der Waals surface area contributed by atoms with Gasteiger partial charge in [-0.15, -0.1) is 0 Å². The van der Waals surface area contributed by atoms with Crippen molar-refractivity contribution in [1.82, 2.24) is 14.9 Å². The van der Waals surface area contributed by atoms with Crippen LogP contribution < -0.4 is 0 Å². The van der Waals surface area contributed by atoms with E-state index in [-0.39, 0.29) is 17.6 Å². The van der Waals surface area contributed by atoms with Gasteiger partial charge in [0, 0.05) is 16.8 Å². The SMILES string of the molecule is C=CC(=O)N1CC2(CC2)OCC1c1cc(Cl)cc(-c2ccnc(C)n2)c1. The number of carbonyl (C=O) groups is 1. The van der Waals surface area contributed by atoms with Gasteiger partial charge in [0.15, 0.2) is 0 Å². The zero-order valence-electron chi connectivity index (χ0n) is 14.6. The van der Waals surface area contributed by atoms with E-state index in [0.717, 1.165) is 29.7 Å². The molecule has 5 nitrogen and oxygen atoms in total.